The predicted octanol–water partition coefficient (Wildman–Crippen LogP) is 3.92. The molecule has 0 aliphatic heterocycles. The summed E-state index contributed by atoms with van der Waals surface area (Å²) >= 11 is 1.55. The van der Waals surface area contributed by atoms with E-state index in [0.717, 1.165) is 22.7 Å². The van der Waals surface area contributed by atoms with E-state index in [1.807, 2.05) is 26.8 Å². The first-order valence-electron chi connectivity index (χ1n) is 11.7. The molecular formula is C25H35N3O4S. The summed E-state index contributed by atoms with van der Waals surface area (Å²) in [5.74, 6) is 0.0856. The Morgan fingerprint density at radius 1 is 1.33 bits per heavy atom. The summed E-state index contributed by atoms with van der Waals surface area (Å²) in [5, 5.41) is 38.0. The second kappa shape index (κ2) is 8.89. The number of phenols is 1. The molecule has 1 amide bonds. The molecule has 2 aromatic rings. The first-order valence-corrected chi connectivity index (χ1v) is 12.5. The molecule has 180 valence electrons. The number of nitrogens with one attached hydrogen (secondary N) is 2. The van der Waals surface area contributed by atoms with Gasteiger partial charge in [-0.3, -0.25) is 4.79 Å². The number of anilines is 2. The Balaban J connectivity index is 1.74. The number of rotatable bonds is 6. The van der Waals surface area contributed by atoms with Gasteiger partial charge in [0.1, 0.15) is 5.75 Å². The summed E-state index contributed by atoms with van der Waals surface area (Å²) in [6, 6.07) is 6.96. The van der Waals surface area contributed by atoms with Gasteiger partial charge in [0.05, 0.1) is 18.4 Å². The number of hydrogen-bond donors (Lipinski definition) is 5. The molecule has 0 radical (unpaired) electrons. The Morgan fingerprint density at radius 2 is 2.09 bits per heavy atom. The number of thiazole rings is 1. The van der Waals surface area contributed by atoms with Crippen LogP contribution >= 0.6 is 11.3 Å². The van der Waals surface area contributed by atoms with Gasteiger partial charge in [-0.15, -0.1) is 11.3 Å². The number of phenolic OH excluding ortho intramolecular Hbond substituents is 1. The molecule has 0 spiro atoms. The predicted molar refractivity (Wildman–Crippen MR) is 130 cm³/mol. The van der Waals surface area contributed by atoms with E-state index >= 15 is 0 Å². The van der Waals surface area contributed by atoms with E-state index in [1.165, 1.54) is 0 Å². The molecule has 5 unspecified atom stereocenters. The standard InChI is InChI=1S/C25H35N3O4S/c1-14(2)26-21(32)11-17-22-18(33-23(28-22)27-15-6-5-7-16(30)10-15)12-19-24(17,3)9-8-20(31)25(19,4)13-29/h5-7,10,14,17,19-20,29-31H,8-9,11-13H2,1-4H3,(H,26,32)(H,27,28). The average Bonchev–Trinajstić information content (AvgIpc) is 3.14. The van der Waals surface area contributed by atoms with E-state index in [-0.39, 0.29) is 41.6 Å². The zero-order valence-corrected chi connectivity index (χ0v) is 20.6. The number of fused-ring (bicyclic) bond motifs is 2. The quantitative estimate of drug-likeness (QED) is 0.434. The maximum Gasteiger partial charge on any atom is 0.220 e. The van der Waals surface area contributed by atoms with Gasteiger partial charge in [0.25, 0.3) is 0 Å². The van der Waals surface area contributed by atoms with E-state index in [2.05, 4.69) is 17.6 Å². The van der Waals surface area contributed by atoms with Gasteiger partial charge in [-0.25, -0.2) is 4.98 Å². The summed E-state index contributed by atoms with van der Waals surface area (Å²) in [6.45, 7) is 7.99. The van der Waals surface area contributed by atoms with Crippen molar-refractivity contribution in [2.24, 2.45) is 16.7 Å². The van der Waals surface area contributed by atoms with Crippen LogP contribution in [0.4, 0.5) is 10.8 Å². The summed E-state index contributed by atoms with van der Waals surface area (Å²) in [7, 11) is 0. The van der Waals surface area contributed by atoms with Crippen molar-refractivity contribution in [3.63, 3.8) is 0 Å². The molecule has 1 saturated carbocycles. The number of aliphatic hydroxyl groups excluding tert-OH is 2. The van der Waals surface area contributed by atoms with E-state index in [9.17, 15) is 20.1 Å². The van der Waals surface area contributed by atoms with Crippen LogP contribution in [0.1, 0.15) is 63.4 Å². The monoisotopic (exact) mass is 473 g/mol. The van der Waals surface area contributed by atoms with Crippen LogP contribution in [0.15, 0.2) is 24.3 Å². The van der Waals surface area contributed by atoms with Crippen LogP contribution in [0.5, 0.6) is 5.75 Å². The van der Waals surface area contributed by atoms with Crippen molar-refractivity contribution >= 4 is 28.1 Å². The molecule has 1 fully saturated rings. The minimum absolute atomic E-state index is 0.00450. The maximum atomic E-state index is 12.9. The van der Waals surface area contributed by atoms with E-state index in [4.69, 9.17) is 4.98 Å². The van der Waals surface area contributed by atoms with Gasteiger partial charge in [0, 0.05) is 40.4 Å². The minimum Gasteiger partial charge on any atom is -0.508 e. The Hall–Kier alpha value is -2.16. The van der Waals surface area contributed by atoms with Gasteiger partial charge in [-0.2, -0.15) is 0 Å². The van der Waals surface area contributed by atoms with E-state index < -0.39 is 11.5 Å². The molecule has 8 heteroatoms. The molecule has 7 nitrogen and oxygen atoms in total. The number of hydrogen-bond acceptors (Lipinski definition) is 7. The number of benzene rings is 1. The lowest BCUT2D eigenvalue weighted by Crippen LogP contribution is -2.57. The van der Waals surface area contributed by atoms with Crippen LogP contribution in [0.3, 0.4) is 0 Å². The van der Waals surface area contributed by atoms with E-state index in [1.54, 1.807) is 29.5 Å². The van der Waals surface area contributed by atoms with Gasteiger partial charge in [-0.05, 0) is 56.6 Å². The highest BCUT2D eigenvalue weighted by Gasteiger charge is 2.59. The number of carbonyl (C=O) groups excluding carboxylic acids is 1. The van der Waals surface area contributed by atoms with Crippen molar-refractivity contribution in [1.82, 2.24) is 10.3 Å². The van der Waals surface area contributed by atoms with Crippen molar-refractivity contribution in [2.75, 3.05) is 11.9 Å². The zero-order chi connectivity index (χ0) is 24.0. The first-order chi connectivity index (χ1) is 15.6. The Kier molecular flexibility index (Phi) is 6.46. The van der Waals surface area contributed by atoms with E-state index in [0.29, 0.717) is 24.4 Å². The van der Waals surface area contributed by atoms with Crippen molar-refractivity contribution in [2.45, 2.75) is 71.4 Å². The molecule has 5 N–H and O–H groups in total. The summed E-state index contributed by atoms with van der Waals surface area (Å²) < 4.78 is 0. The van der Waals surface area contributed by atoms with Gasteiger partial charge < -0.3 is 26.0 Å². The third-order valence-corrected chi connectivity index (χ3v) is 8.84. The molecule has 0 bridgehead atoms. The SMILES string of the molecule is CC(C)NC(=O)CC1c2nc(Nc3cccc(O)c3)sc2CC2C(C)(CO)C(O)CCC12C. The van der Waals surface area contributed by atoms with Crippen LogP contribution in [-0.2, 0) is 11.2 Å². The first kappa shape index (κ1) is 24.0. The number of nitrogens with zero attached hydrogens (tertiary/aromatic N) is 1. The number of aliphatic hydroxyl groups is 2. The van der Waals surface area contributed by atoms with Crippen LogP contribution in [0.2, 0.25) is 0 Å². The highest BCUT2D eigenvalue weighted by atomic mass is 32.1. The zero-order valence-electron chi connectivity index (χ0n) is 19.8. The van der Waals surface area contributed by atoms with Gasteiger partial charge in [-0.1, -0.05) is 19.9 Å². The molecule has 1 aromatic carbocycles. The lowest BCUT2D eigenvalue weighted by Gasteiger charge is -2.58. The molecule has 1 heterocycles. The Morgan fingerprint density at radius 3 is 2.76 bits per heavy atom. The smallest absolute Gasteiger partial charge is 0.220 e. The molecule has 33 heavy (non-hydrogen) atoms. The fraction of sp³-hybridized carbons (Fsp3) is 0.600. The Bertz CT molecular complexity index is 1020. The Labute approximate surface area is 199 Å². The fourth-order valence-corrected chi connectivity index (χ4v) is 7.06. The topological polar surface area (TPSA) is 115 Å². The van der Waals surface area contributed by atoms with Gasteiger partial charge >= 0.3 is 0 Å². The van der Waals surface area contributed by atoms with Crippen LogP contribution in [-0.4, -0.2) is 45.0 Å². The molecule has 2 aliphatic rings. The summed E-state index contributed by atoms with van der Waals surface area (Å²) in [4.78, 5) is 18.9. The number of carbonyl (C=O) groups is 1. The largest absolute Gasteiger partial charge is 0.508 e. The second-order valence-electron chi connectivity index (χ2n) is 10.5. The maximum absolute atomic E-state index is 12.9. The lowest BCUT2D eigenvalue weighted by molar-refractivity contribution is -0.144. The molecule has 2 aliphatic carbocycles. The average molecular weight is 474 g/mol. The second-order valence-corrected chi connectivity index (χ2v) is 11.5. The highest BCUT2D eigenvalue weighted by molar-refractivity contribution is 7.15. The highest BCUT2D eigenvalue weighted by Crippen LogP contribution is 2.62. The van der Waals surface area contributed by atoms with Gasteiger partial charge in [0.15, 0.2) is 5.13 Å². The van der Waals surface area contributed by atoms with Crippen molar-refractivity contribution in [3.8, 4) is 5.75 Å². The normalized spacial score (nSPS) is 31.1. The lowest BCUT2D eigenvalue weighted by atomic mass is 9.47. The van der Waals surface area contributed by atoms with Crippen molar-refractivity contribution in [3.05, 3.63) is 34.8 Å². The minimum atomic E-state index is -0.639. The number of amides is 1. The number of aromatic nitrogens is 1. The fourth-order valence-electron chi connectivity index (χ4n) is 5.97. The van der Waals surface area contributed by atoms with Crippen LogP contribution < -0.4 is 10.6 Å². The van der Waals surface area contributed by atoms with Crippen LogP contribution in [0.25, 0.3) is 0 Å². The van der Waals surface area contributed by atoms with Crippen molar-refractivity contribution < 1.29 is 20.1 Å². The molecular weight excluding hydrogens is 438 g/mol. The van der Waals surface area contributed by atoms with Crippen LogP contribution in [0, 0.1) is 16.7 Å². The molecule has 4 rings (SSSR count). The number of aromatic hydroxyl groups is 1. The molecule has 1 aromatic heterocycles. The third-order valence-electron chi connectivity index (χ3n) is 7.83. The summed E-state index contributed by atoms with van der Waals surface area (Å²) in [6.07, 6.45) is 1.83. The van der Waals surface area contributed by atoms with Gasteiger partial charge in [0.2, 0.25) is 5.91 Å². The molecule has 5 atom stereocenters. The molecule has 0 saturated heterocycles. The summed E-state index contributed by atoms with van der Waals surface area (Å²) in [5.41, 5.74) is 0.778. The van der Waals surface area contributed by atoms with Crippen molar-refractivity contribution in [1.29, 1.82) is 0 Å². The third kappa shape index (κ3) is 4.36.